The molecular weight excluding hydrogens is 305 g/mol. The van der Waals surface area contributed by atoms with Crippen LogP contribution in [0, 0.1) is 0 Å². The number of fused-ring (bicyclic) bond motifs is 1. The van der Waals surface area contributed by atoms with Crippen LogP contribution in [0.1, 0.15) is 45.5 Å². The number of aliphatic carboxylic acids is 1. The average Bonchev–Trinajstić information content (AvgIpc) is 2.91. The van der Waals surface area contributed by atoms with E-state index in [4.69, 9.17) is 9.31 Å². The van der Waals surface area contributed by atoms with Crippen LogP contribution in [0.4, 0.5) is 0 Å². The minimum absolute atomic E-state index is 0.0369. The Balaban J connectivity index is 2.06. The Labute approximate surface area is 142 Å². The zero-order chi connectivity index (χ0) is 17.7. The summed E-state index contributed by atoms with van der Waals surface area (Å²) < 4.78 is 14.3. The van der Waals surface area contributed by atoms with E-state index < -0.39 is 24.3 Å². The third-order valence-electron chi connectivity index (χ3n) is 5.32. The fourth-order valence-corrected chi connectivity index (χ4v) is 3.26. The van der Waals surface area contributed by atoms with Gasteiger partial charge in [-0.2, -0.15) is 0 Å². The normalized spacial score (nSPS) is 20.5. The van der Waals surface area contributed by atoms with Gasteiger partial charge in [-0.05, 0) is 39.3 Å². The average molecular weight is 329 g/mol. The van der Waals surface area contributed by atoms with E-state index in [1.54, 1.807) is 0 Å². The van der Waals surface area contributed by atoms with Crippen LogP contribution in [0.15, 0.2) is 30.5 Å². The molecule has 1 aromatic heterocycles. The van der Waals surface area contributed by atoms with Crippen molar-refractivity contribution in [3.05, 3.63) is 36.0 Å². The molecule has 3 rings (SSSR count). The summed E-state index contributed by atoms with van der Waals surface area (Å²) in [6.07, 6.45) is 1.95. The summed E-state index contributed by atoms with van der Waals surface area (Å²) in [5.41, 5.74) is 1.05. The maximum absolute atomic E-state index is 11.5. The molecule has 2 heterocycles. The predicted octanol–water partition coefficient (Wildman–Crippen LogP) is 3.37. The minimum Gasteiger partial charge on any atom is -0.481 e. The number of para-hydroxylation sites is 1. The Kier molecular flexibility index (Phi) is 4.01. The Hall–Kier alpha value is -1.79. The number of carboxylic acids is 1. The highest BCUT2D eigenvalue weighted by atomic mass is 16.7. The van der Waals surface area contributed by atoms with Crippen LogP contribution < -0.4 is 0 Å². The molecule has 24 heavy (non-hydrogen) atoms. The van der Waals surface area contributed by atoms with Gasteiger partial charge in [0.2, 0.25) is 0 Å². The van der Waals surface area contributed by atoms with E-state index in [1.165, 1.54) is 0 Å². The van der Waals surface area contributed by atoms with Crippen molar-refractivity contribution in [1.82, 2.24) is 4.57 Å². The Bertz CT molecular complexity index is 764. The molecule has 0 radical (unpaired) electrons. The minimum atomic E-state index is -0.859. The van der Waals surface area contributed by atoms with Crippen molar-refractivity contribution in [3.63, 3.8) is 0 Å². The predicted molar refractivity (Wildman–Crippen MR) is 94.0 cm³/mol. The van der Waals surface area contributed by atoms with E-state index in [0.717, 1.165) is 16.5 Å². The lowest BCUT2D eigenvalue weighted by atomic mass is 9.66. The second-order valence-electron chi connectivity index (χ2n) is 7.54. The van der Waals surface area contributed by atoms with Gasteiger partial charge in [-0.1, -0.05) is 18.2 Å². The van der Waals surface area contributed by atoms with Crippen LogP contribution in [0.25, 0.3) is 10.9 Å². The van der Waals surface area contributed by atoms with E-state index >= 15 is 0 Å². The summed E-state index contributed by atoms with van der Waals surface area (Å²) in [6.45, 7) is 7.92. The number of hydrogen-bond donors (Lipinski definition) is 1. The lowest BCUT2D eigenvalue weighted by Gasteiger charge is -2.32. The van der Waals surface area contributed by atoms with Crippen molar-refractivity contribution in [2.45, 2.75) is 51.1 Å². The van der Waals surface area contributed by atoms with Gasteiger partial charge in [-0.3, -0.25) is 4.79 Å². The Morgan fingerprint density at radius 1 is 1.21 bits per heavy atom. The molecule has 1 fully saturated rings. The van der Waals surface area contributed by atoms with Crippen molar-refractivity contribution in [2.75, 3.05) is 0 Å². The molecule has 1 N–H and O–H groups in total. The largest absolute Gasteiger partial charge is 0.481 e. The number of hydrogen-bond acceptors (Lipinski definition) is 3. The fourth-order valence-electron chi connectivity index (χ4n) is 3.26. The molecular formula is C18H24BNO4. The molecule has 1 aliphatic heterocycles. The van der Waals surface area contributed by atoms with E-state index in [9.17, 15) is 9.90 Å². The quantitative estimate of drug-likeness (QED) is 0.874. The van der Waals surface area contributed by atoms with E-state index in [-0.39, 0.29) is 12.2 Å². The first-order chi connectivity index (χ1) is 11.1. The summed E-state index contributed by atoms with van der Waals surface area (Å²) in [4.78, 5) is 11.5. The zero-order valence-electron chi connectivity index (χ0n) is 14.9. The number of nitrogens with zero attached hydrogens (tertiary/aromatic N) is 1. The summed E-state index contributed by atoms with van der Waals surface area (Å²) in [5.74, 6) is -1.22. The molecule has 6 heteroatoms. The van der Waals surface area contributed by atoms with Gasteiger partial charge < -0.3 is 19.0 Å². The van der Waals surface area contributed by atoms with Gasteiger partial charge in [0.15, 0.2) is 0 Å². The Morgan fingerprint density at radius 2 is 1.79 bits per heavy atom. The van der Waals surface area contributed by atoms with Gasteiger partial charge in [0.1, 0.15) is 0 Å². The summed E-state index contributed by atoms with van der Waals surface area (Å²) in [6, 6.07) is 7.99. The highest BCUT2D eigenvalue weighted by molar-refractivity contribution is 6.48. The summed E-state index contributed by atoms with van der Waals surface area (Å²) in [5, 5.41) is 10.5. The van der Waals surface area contributed by atoms with Crippen molar-refractivity contribution in [3.8, 4) is 0 Å². The monoisotopic (exact) mass is 329 g/mol. The molecule has 0 bridgehead atoms. The molecule has 1 atom stereocenters. The molecule has 0 aliphatic carbocycles. The first-order valence-electron chi connectivity index (χ1n) is 8.24. The maximum atomic E-state index is 11.5. The summed E-state index contributed by atoms with van der Waals surface area (Å²) >= 11 is 0. The highest BCUT2D eigenvalue weighted by Gasteiger charge is 2.54. The zero-order valence-corrected chi connectivity index (χ0v) is 14.9. The molecule has 128 valence electrons. The van der Waals surface area contributed by atoms with Gasteiger partial charge in [0.05, 0.1) is 17.6 Å². The lowest BCUT2D eigenvalue weighted by Crippen LogP contribution is -2.41. The number of aromatic nitrogens is 1. The summed E-state index contributed by atoms with van der Waals surface area (Å²) in [7, 11) is 1.38. The van der Waals surface area contributed by atoms with Crippen LogP contribution in [0.2, 0.25) is 0 Å². The highest BCUT2D eigenvalue weighted by Crippen LogP contribution is 2.43. The molecule has 1 saturated heterocycles. The van der Waals surface area contributed by atoms with Gasteiger partial charge in [0, 0.05) is 30.0 Å². The third-order valence-corrected chi connectivity index (χ3v) is 5.32. The van der Waals surface area contributed by atoms with Crippen LogP contribution in [0.3, 0.4) is 0 Å². The molecule has 1 aliphatic rings. The van der Waals surface area contributed by atoms with Gasteiger partial charge in [-0.15, -0.1) is 0 Å². The maximum Gasteiger partial charge on any atom is 0.466 e. The van der Waals surface area contributed by atoms with Crippen LogP contribution in [-0.2, 0) is 21.2 Å². The van der Waals surface area contributed by atoms with Crippen molar-refractivity contribution >= 4 is 24.0 Å². The molecule has 2 aromatic rings. The standard InChI is InChI=1S/C18H24BNO4/c1-17(2)18(3,4)24-19(23-17)14(10-16(21)22)13-11-20(5)15-9-7-6-8-12(13)15/h6-9,11,14H,10H2,1-5H3,(H,21,22). The number of carboxylic acid groups (broad SMARTS) is 1. The molecule has 0 saturated carbocycles. The molecule has 0 spiro atoms. The molecule has 1 unspecified atom stereocenters. The van der Waals surface area contributed by atoms with Crippen LogP contribution in [0.5, 0.6) is 0 Å². The van der Waals surface area contributed by atoms with Crippen LogP contribution >= 0.6 is 0 Å². The fraction of sp³-hybridized carbons (Fsp3) is 0.500. The second-order valence-corrected chi connectivity index (χ2v) is 7.54. The van der Waals surface area contributed by atoms with Crippen molar-refractivity contribution in [2.24, 2.45) is 7.05 Å². The Morgan fingerprint density at radius 3 is 2.38 bits per heavy atom. The van der Waals surface area contributed by atoms with E-state index in [2.05, 4.69) is 0 Å². The molecule has 1 aromatic carbocycles. The van der Waals surface area contributed by atoms with E-state index in [0.29, 0.717) is 0 Å². The number of rotatable bonds is 4. The third kappa shape index (κ3) is 2.74. The van der Waals surface area contributed by atoms with Gasteiger partial charge >= 0.3 is 13.1 Å². The first-order valence-corrected chi connectivity index (χ1v) is 8.24. The van der Waals surface area contributed by atoms with Crippen molar-refractivity contribution < 1.29 is 19.2 Å². The molecule has 5 nitrogen and oxygen atoms in total. The van der Waals surface area contributed by atoms with Crippen molar-refractivity contribution in [1.29, 1.82) is 0 Å². The smallest absolute Gasteiger partial charge is 0.466 e. The molecule has 0 amide bonds. The van der Waals surface area contributed by atoms with Gasteiger partial charge in [-0.25, -0.2) is 0 Å². The number of aryl methyl sites for hydroxylation is 1. The van der Waals surface area contributed by atoms with E-state index in [1.807, 2.05) is 69.8 Å². The van der Waals surface area contributed by atoms with Crippen LogP contribution in [-0.4, -0.2) is 34.0 Å². The number of benzene rings is 1. The first kappa shape index (κ1) is 17.1. The number of carbonyl (C=O) groups is 1. The van der Waals surface area contributed by atoms with Gasteiger partial charge in [0.25, 0.3) is 0 Å². The topological polar surface area (TPSA) is 60.7 Å². The second kappa shape index (κ2) is 5.64. The lowest BCUT2D eigenvalue weighted by molar-refractivity contribution is -0.137. The SMILES string of the molecule is Cn1cc(C(CC(=O)O)B2OC(C)(C)C(C)(C)O2)c2ccccc21.